The van der Waals surface area contributed by atoms with E-state index in [9.17, 15) is 13.6 Å². The molecule has 1 aromatic heterocycles. The minimum Gasteiger partial charge on any atom is -0.480 e. The molecule has 0 bridgehead atoms. The number of tetrazole rings is 1. The molecule has 0 saturated heterocycles. The van der Waals surface area contributed by atoms with Crippen LogP contribution in [0.15, 0.2) is 18.2 Å². The van der Waals surface area contributed by atoms with Gasteiger partial charge in [-0.15, -0.1) is 5.10 Å². The first-order valence-corrected chi connectivity index (χ1v) is 4.97. The van der Waals surface area contributed by atoms with Crippen LogP contribution in [0.2, 0.25) is 0 Å². The number of aromatic nitrogens is 4. The molecule has 0 aliphatic rings. The highest BCUT2D eigenvalue weighted by molar-refractivity contribution is 5.72. The Morgan fingerprint density at radius 3 is 2.83 bits per heavy atom. The van der Waals surface area contributed by atoms with E-state index in [4.69, 9.17) is 5.11 Å². The quantitative estimate of drug-likeness (QED) is 0.891. The van der Waals surface area contributed by atoms with Crippen molar-refractivity contribution in [2.45, 2.75) is 13.0 Å². The van der Waals surface area contributed by atoms with Crippen LogP contribution in [0.5, 0.6) is 0 Å². The van der Waals surface area contributed by atoms with Gasteiger partial charge in [-0.3, -0.25) is 0 Å². The Balaban J connectivity index is 2.55. The third-order valence-electron chi connectivity index (χ3n) is 2.39. The fourth-order valence-electron chi connectivity index (χ4n) is 1.41. The Morgan fingerprint density at radius 1 is 1.44 bits per heavy atom. The first kappa shape index (κ1) is 12.1. The summed E-state index contributed by atoms with van der Waals surface area (Å²) in [5.74, 6) is -2.71. The topological polar surface area (TPSA) is 80.9 Å². The molecular formula is C10H8F2N4O2. The van der Waals surface area contributed by atoms with E-state index in [-0.39, 0.29) is 11.4 Å². The predicted molar refractivity (Wildman–Crippen MR) is 55.5 cm³/mol. The van der Waals surface area contributed by atoms with Crippen LogP contribution in [0.1, 0.15) is 13.0 Å². The Hall–Kier alpha value is -2.38. The highest BCUT2D eigenvalue weighted by Crippen LogP contribution is 2.23. The lowest BCUT2D eigenvalue weighted by Gasteiger charge is -2.09. The molecule has 0 spiro atoms. The van der Waals surface area contributed by atoms with E-state index in [2.05, 4.69) is 15.5 Å². The van der Waals surface area contributed by atoms with Gasteiger partial charge < -0.3 is 5.11 Å². The molecule has 6 nitrogen and oxygen atoms in total. The fourth-order valence-corrected chi connectivity index (χ4v) is 1.41. The second-order valence-electron chi connectivity index (χ2n) is 3.59. The number of benzene rings is 1. The highest BCUT2D eigenvalue weighted by Gasteiger charge is 2.22. The maximum absolute atomic E-state index is 13.6. The molecule has 1 aromatic carbocycles. The Kier molecular flexibility index (Phi) is 3.00. The number of hydrogen-bond donors (Lipinski definition) is 1. The summed E-state index contributed by atoms with van der Waals surface area (Å²) >= 11 is 0. The molecular weight excluding hydrogens is 246 g/mol. The van der Waals surface area contributed by atoms with Crippen LogP contribution in [0.3, 0.4) is 0 Å². The van der Waals surface area contributed by atoms with Crippen molar-refractivity contribution in [1.29, 1.82) is 0 Å². The van der Waals surface area contributed by atoms with Crippen LogP contribution in [0.4, 0.5) is 8.78 Å². The van der Waals surface area contributed by atoms with Gasteiger partial charge in [0.1, 0.15) is 11.6 Å². The van der Waals surface area contributed by atoms with Crippen LogP contribution in [-0.4, -0.2) is 31.3 Å². The van der Waals surface area contributed by atoms with Crippen molar-refractivity contribution in [2.75, 3.05) is 0 Å². The number of aliphatic carboxylic acids is 1. The average molecular weight is 254 g/mol. The SMILES string of the molecule is CC(C(=O)O)n1nnnc1-c1cc(F)ccc1F. The standard InChI is InChI=1S/C10H8F2N4O2/c1-5(10(17)18)16-9(13-14-15-16)7-4-6(11)2-3-8(7)12/h2-5H,1H3,(H,17,18). The van der Waals surface area contributed by atoms with Gasteiger partial charge in [0.05, 0.1) is 5.56 Å². The molecule has 0 saturated carbocycles. The molecule has 0 radical (unpaired) electrons. The monoisotopic (exact) mass is 254 g/mol. The molecule has 2 rings (SSSR count). The number of rotatable bonds is 3. The van der Waals surface area contributed by atoms with Crippen molar-refractivity contribution in [3.63, 3.8) is 0 Å². The van der Waals surface area contributed by atoms with E-state index in [0.717, 1.165) is 22.9 Å². The van der Waals surface area contributed by atoms with Gasteiger partial charge in [-0.2, -0.15) is 0 Å². The van der Waals surface area contributed by atoms with Crippen molar-refractivity contribution >= 4 is 5.97 Å². The van der Waals surface area contributed by atoms with Crippen molar-refractivity contribution in [3.8, 4) is 11.4 Å². The number of nitrogens with zero attached hydrogens (tertiary/aromatic N) is 4. The predicted octanol–water partition coefficient (Wildman–Crippen LogP) is 1.26. The zero-order chi connectivity index (χ0) is 13.3. The molecule has 0 amide bonds. The summed E-state index contributed by atoms with van der Waals surface area (Å²) in [7, 11) is 0. The molecule has 1 unspecified atom stereocenters. The van der Waals surface area contributed by atoms with E-state index in [0.29, 0.717) is 0 Å². The summed E-state index contributed by atoms with van der Waals surface area (Å²) in [5, 5.41) is 19.1. The average Bonchev–Trinajstić information content (AvgIpc) is 2.80. The summed E-state index contributed by atoms with van der Waals surface area (Å²) < 4.78 is 27.5. The van der Waals surface area contributed by atoms with Crippen molar-refractivity contribution in [1.82, 2.24) is 20.2 Å². The second-order valence-corrected chi connectivity index (χ2v) is 3.59. The molecule has 0 fully saturated rings. The fraction of sp³-hybridized carbons (Fsp3) is 0.200. The summed E-state index contributed by atoms with van der Waals surface area (Å²) in [5.41, 5.74) is -0.187. The molecule has 1 N–H and O–H groups in total. The molecule has 2 aromatic rings. The summed E-state index contributed by atoms with van der Waals surface area (Å²) in [4.78, 5) is 10.8. The smallest absolute Gasteiger partial charge is 0.328 e. The van der Waals surface area contributed by atoms with Crippen molar-refractivity contribution in [3.05, 3.63) is 29.8 Å². The van der Waals surface area contributed by atoms with Gasteiger partial charge in [0.25, 0.3) is 0 Å². The van der Waals surface area contributed by atoms with Gasteiger partial charge in [-0.25, -0.2) is 18.3 Å². The number of hydrogen-bond acceptors (Lipinski definition) is 4. The second kappa shape index (κ2) is 4.47. The lowest BCUT2D eigenvalue weighted by molar-refractivity contribution is -0.140. The summed E-state index contributed by atoms with van der Waals surface area (Å²) in [6.45, 7) is 1.33. The van der Waals surface area contributed by atoms with E-state index in [1.54, 1.807) is 0 Å². The van der Waals surface area contributed by atoms with E-state index in [1.165, 1.54) is 6.92 Å². The minimum atomic E-state index is -1.18. The van der Waals surface area contributed by atoms with Crippen molar-refractivity contribution in [2.24, 2.45) is 0 Å². The van der Waals surface area contributed by atoms with Gasteiger partial charge in [0.2, 0.25) is 0 Å². The first-order chi connectivity index (χ1) is 8.50. The van der Waals surface area contributed by atoms with Gasteiger partial charge in [0, 0.05) is 0 Å². The lowest BCUT2D eigenvalue weighted by atomic mass is 10.2. The van der Waals surface area contributed by atoms with E-state index in [1.807, 2.05) is 0 Å². The third-order valence-corrected chi connectivity index (χ3v) is 2.39. The summed E-state index contributed by atoms with van der Waals surface area (Å²) in [6.07, 6.45) is 0. The Labute approximate surface area is 99.9 Å². The maximum atomic E-state index is 13.6. The largest absolute Gasteiger partial charge is 0.480 e. The van der Waals surface area contributed by atoms with Gasteiger partial charge in [0.15, 0.2) is 11.9 Å². The van der Waals surface area contributed by atoms with Gasteiger partial charge >= 0.3 is 5.97 Å². The number of carboxylic acids is 1. The van der Waals surface area contributed by atoms with E-state index < -0.39 is 23.6 Å². The van der Waals surface area contributed by atoms with Crippen LogP contribution in [-0.2, 0) is 4.79 Å². The molecule has 1 atom stereocenters. The molecule has 18 heavy (non-hydrogen) atoms. The zero-order valence-electron chi connectivity index (χ0n) is 9.21. The summed E-state index contributed by atoms with van der Waals surface area (Å²) in [6, 6.07) is 1.70. The number of carboxylic acid groups (broad SMARTS) is 1. The molecule has 94 valence electrons. The minimum absolute atomic E-state index is 0.137. The lowest BCUT2D eigenvalue weighted by Crippen LogP contribution is -2.18. The van der Waals surface area contributed by atoms with Gasteiger partial charge in [-0.1, -0.05) is 0 Å². The van der Waals surface area contributed by atoms with Crippen LogP contribution in [0.25, 0.3) is 11.4 Å². The van der Waals surface area contributed by atoms with Crippen molar-refractivity contribution < 1.29 is 18.7 Å². The third kappa shape index (κ3) is 2.04. The Bertz CT molecular complexity index is 599. The molecule has 0 aliphatic carbocycles. The number of halogens is 2. The highest BCUT2D eigenvalue weighted by atomic mass is 19.1. The normalized spacial score (nSPS) is 12.4. The van der Waals surface area contributed by atoms with Gasteiger partial charge in [-0.05, 0) is 35.5 Å². The molecule has 8 heteroatoms. The van der Waals surface area contributed by atoms with Crippen LogP contribution < -0.4 is 0 Å². The maximum Gasteiger partial charge on any atom is 0.328 e. The van der Waals surface area contributed by atoms with Crippen LogP contribution in [0, 0.1) is 11.6 Å². The molecule has 1 heterocycles. The number of carbonyl (C=O) groups is 1. The molecule has 0 aliphatic heterocycles. The first-order valence-electron chi connectivity index (χ1n) is 4.97. The van der Waals surface area contributed by atoms with Crippen LogP contribution >= 0.6 is 0 Å². The Morgan fingerprint density at radius 2 is 2.17 bits per heavy atom. The zero-order valence-corrected chi connectivity index (χ0v) is 9.21. The van der Waals surface area contributed by atoms with E-state index >= 15 is 0 Å².